The Labute approximate surface area is 107 Å². The molecule has 16 heavy (non-hydrogen) atoms. The van der Waals surface area contributed by atoms with E-state index in [0.717, 1.165) is 20.1 Å². The fraction of sp³-hybridized carbons (Fsp3) is 0.0833. The van der Waals surface area contributed by atoms with E-state index in [1.54, 1.807) is 18.0 Å². The zero-order valence-corrected chi connectivity index (χ0v) is 11.2. The molecule has 1 aromatic heterocycles. The molecule has 0 aliphatic rings. The number of nitrogen functional groups attached to an aromatic ring is 1. The third-order valence-electron chi connectivity index (χ3n) is 2.10. The van der Waals surface area contributed by atoms with Gasteiger partial charge in [-0.2, -0.15) is 0 Å². The van der Waals surface area contributed by atoms with Gasteiger partial charge in [-0.1, -0.05) is 17.8 Å². The number of hydrogen-bond acceptors (Lipinski definition) is 3. The standard InChI is InChI=1S/C12H11BrN2S/c1-8-4-5-10(14)11(7-8)16-12-9(13)3-2-6-15-12/h2-7H,14H2,1H3. The second-order valence-corrected chi connectivity index (χ2v) is 5.32. The molecule has 4 heteroatoms. The Morgan fingerprint density at radius 1 is 1.31 bits per heavy atom. The highest BCUT2D eigenvalue weighted by Gasteiger charge is 2.06. The number of pyridine rings is 1. The van der Waals surface area contributed by atoms with Crippen LogP contribution in [-0.2, 0) is 0 Å². The van der Waals surface area contributed by atoms with Crippen molar-refractivity contribution in [3.05, 3.63) is 46.6 Å². The van der Waals surface area contributed by atoms with Crippen molar-refractivity contribution in [2.45, 2.75) is 16.8 Å². The Morgan fingerprint density at radius 2 is 2.12 bits per heavy atom. The molecule has 2 nitrogen and oxygen atoms in total. The van der Waals surface area contributed by atoms with Crippen LogP contribution in [0.1, 0.15) is 5.56 Å². The molecule has 0 amide bonds. The second kappa shape index (κ2) is 4.89. The van der Waals surface area contributed by atoms with Crippen molar-refractivity contribution < 1.29 is 0 Å². The largest absolute Gasteiger partial charge is 0.398 e. The van der Waals surface area contributed by atoms with E-state index < -0.39 is 0 Å². The number of aryl methyl sites for hydroxylation is 1. The molecule has 0 bridgehead atoms. The molecule has 2 rings (SSSR count). The van der Waals surface area contributed by atoms with Gasteiger partial charge in [-0.15, -0.1) is 0 Å². The van der Waals surface area contributed by atoms with Crippen molar-refractivity contribution in [2.24, 2.45) is 0 Å². The molecule has 1 aromatic carbocycles. The molecule has 0 atom stereocenters. The molecular formula is C12H11BrN2S. The second-order valence-electron chi connectivity index (χ2n) is 3.43. The van der Waals surface area contributed by atoms with E-state index in [2.05, 4.69) is 33.9 Å². The number of aromatic nitrogens is 1. The highest BCUT2D eigenvalue weighted by molar-refractivity contribution is 9.10. The predicted octanol–water partition coefficient (Wildman–Crippen LogP) is 3.89. The van der Waals surface area contributed by atoms with Crippen LogP contribution in [0.2, 0.25) is 0 Å². The van der Waals surface area contributed by atoms with Crippen LogP contribution in [0.25, 0.3) is 0 Å². The number of nitrogens with zero attached hydrogens (tertiary/aromatic N) is 1. The van der Waals surface area contributed by atoms with Gasteiger partial charge in [-0.3, -0.25) is 0 Å². The predicted molar refractivity (Wildman–Crippen MR) is 71.7 cm³/mol. The zero-order valence-electron chi connectivity index (χ0n) is 8.77. The van der Waals surface area contributed by atoms with E-state index in [-0.39, 0.29) is 0 Å². The Kier molecular flexibility index (Phi) is 3.51. The molecule has 2 N–H and O–H groups in total. The minimum Gasteiger partial charge on any atom is -0.398 e. The molecular weight excluding hydrogens is 284 g/mol. The maximum Gasteiger partial charge on any atom is 0.115 e. The van der Waals surface area contributed by atoms with E-state index in [1.165, 1.54) is 5.56 Å². The molecule has 0 saturated carbocycles. The van der Waals surface area contributed by atoms with Crippen molar-refractivity contribution in [2.75, 3.05) is 5.73 Å². The quantitative estimate of drug-likeness (QED) is 0.854. The molecule has 82 valence electrons. The SMILES string of the molecule is Cc1ccc(N)c(Sc2ncccc2Br)c1. The van der Waals surface area contributed by atoms with E-state index in [1.807, 2.05) is 24.3 Å². The smallest absolute Gasteiger partial charge is 0.115 e. The number of hydrogen-bond donors (Lipinski definition) is 1. The van der Waals surface area contributed by atoms with Gasteiger partial charge in [0, 0.05) is 16.8 Å². The van der Waals surface area contributed by atoms with Gasteiger partial charge in [-0.25, -0.2) is 4.98 Å². The lowest BCUT2D eigenvalue weighted by atomic mass is 10.2. The molecule has 0 spiro atoms. The van der Waals surface area contributed by atoms with E-state index in [0.29, 0.717) is 0 Å². The average Bonchev–Trinajstić information content (AvgIpc) is 2.27. The van der Waals surface area contributed by atoms with E-state index in [4.69, 9.17) is 5.73 Å². The first-order chi connectivity index (χ1) is 7.66. The minimum atomic E-state index is 0.785. The fourth-order valence-corrected chi connectivity index (χ4v) is 2.70. The van der Waals surface area contributed by atoms with Crippen LogP contribution < -0.4 is 5.73 Å². The van der Waals surface area contributed by atoms with Gasteiger partial charge in [0.25, 0.3) is 0 Å². The fourth-order valence-electron chi connectivity index (χ4n) is 1.28. The van der Waals surface area contributed by atoms with Crippen LogP contribution in [0, 0.1) is 6.92 Å². The first-order valence-electron chi connectivity index (χ1n) is 4.81. The lowest BCUT2D eigenvalue weighted by Crippen LogP contribution is -1.90. The van der Waals surface area contributed by atoms with Gasteiger partial charge in [0.05, 0.1) is 4.47 Å². The Balaban J connectivity index is 2.34. The summed E-state index contributed by atoms with van der Waals surface area (Å²) < 4.78 is 0.987. The summed E-state index contributed by atoms with van der Waals surface area (Å²) in [5, 5.41) is 0.930. The van der Waals surface area contributed by atoms with Crippen LogP contribution in [0.5, 0.6) is 0 Å². The van der Waals surface area contributed by atoms with Gasteiger partial charge in [0.15, 0.2) is 0 Å². The summed E-state index contributed by atoms with van der Waals surface area (Å²) in [7, 11) is 0. The molecule has 1 heterocycles. The Hall–Kier alpha value is -1.00. The summed E-state index contributed by atoms with van der Waals surface area (Å²) in [6.45, 7) is 2.05. The third kappa shape index (κ3) is 2.57. The van der Waals surface area contributed by atoms with Gasteiger partial charge < -0.3 is 5.73 Å². The Bertz CT molecular complexity index is 514. The van der Waals surface area contributed by atoms with E-state index in [9.17, 15) is 0 Å². The number of nitrogens with two attached hydrogens (primary N) is 1. The molecule has 2 aromatic rings. The molecule has 0 aliphatic heterocycles. The summed E-state index contributed by atoms with van der Waals surface area (Å²) in [6.07, 6.45) is 1.78. The van der Waals surface area contributed by atoms with Crippen LogP contribution in [0.3, 0.4) is 0 Å². The third-order valence-corrected chi connectivity index (χ3v) is 4.09. The first-order valence-corrected chi connectivity index (χ1v) is 6.42. The highest BCUT2D eigenvalue weighted by atomic mass is 79.9. The van der Waals surface area contributed by atoms with Crippen molar-refractivity contribution >= 4 is 33.4 Å². The summed E-state index contributed by atoms with van der Waals surface area (Å²) in [5.41, 5.74) is 7.91. The Morgan fingerprint density at radius 3 is 2.88 bits per heavy atom. The van der Waals surface area contributed by atoms with Gasteiger partial charge in [0.2, 0.25) is 0 Å². The van der Waals surface area contributed by atoms with Crippen LogP contribution in [0.4, 0.5) is 5.69 Å². The van der Waals surface area contributed by atoms with Crippen LogP contribution >= 0.6 is 27.7 Å². The minimum absolute atomic E-state index is 0.785. The van der Waals surface area contributed by atoms with Gasteiger partial charge >= 0.3 is 0 Å². The topological polar surface area (TPSA) is 38.9 Å². The van der Waals surface area contributed by atoms with Crippen LogP contribution in [-0.4, -0.2) is 4.98 Å². The first kappa shape index (κ1) is 11.5. The maximum atomic E-state index is 5.92. The number of halogens is 1. The lowest BCUT2D eigenvalue weighted by molar-refractivity contribution is 1.11. The van der Waals surface area contributed by atoms with Crippen molar-refractivity contribution in [3.63, 3.8) is 0 Å². The van der Waals surface area contributed by atoms with Crippen molar-refractivity contribution in [3.8, 4) is 0 Å². The number of anilines is 1. The molecule has 0 unspecified atom stereocenters. The molecule has 0 aliphatic carbocycles. The summed E-state index contributed by atoms with van der Waals surface area (Å²) in [4.78, 5) is 5.35. The zero-order chi connectivity index (χ0) is 11.5. The normalized spacial score (nSPS) is 10.4. The maximum absolute atomic E-state index is 5.92. The van der Waals surface area contributed by atoms with E-state index >= 15 is 0 Å². The average molecular weight is 295 g/mol. The summed E-state index contributed by atoms with van der Waals surface area (Å²) in [6, 6.07) is 9.87. The lowest BCUT2D eigenvalue weighted by Gasteiger charge is -2.06. The van der Waals surface area contributed by atoms with Crippen LogP contribution in [0.15, 0.2) is 50.9 Å². The highest BCUT2D eigenvalue weighted by Crippen LogP contribution is 2.35. The number of rotatable bonds is 2. The van der Waals surface area contributed by atoms with Gasteiger partial charge in [0.1, 0.15) is 5.03 Å². The monoisotopic (exact) mass is 294 g/mol. The van der Waals surface area contributed by atoms with Crippen molar-refractivity contribution in [1.82, 2.24) is 4.98 Å². The summed E-state index contributed by atoms with van der Waals surface area (Å²) >= 11 is 5.04. The number of benzene rings is 1. The molecule has 0 radical (unpaired) electrons. The summed E-state index contributed by atoms with van der Waals surface area (Å²) in [5.74, 6) is 0. The van der Waals surface area contributed by atoms with Gasteiger partial charge in [-0.05, 0) is 52.7 Å². The van der Waals surface area contributed by atoms with Crippen molar-refractivity contribution in [1.29, 1.82) is 0 Å². The molecule has 0 fully saturated rings. The molecule has 0 saturated heterocycles.